The summed E-state index contributed by atoms with van der Waals surface area (Å²) in [6, 6.07) is 10.9. The van der Waals surface area contributed by atoms with E-state index < -0.39 is 0 Å². The fourth-order valence-corrected chi connectivity index (χ4v) is 2.62. The number of nitrogens with zero attached hydrogens (tertiary/aromatic N) is 2. The zero-order chi connectivity index (χ0) is 15.8. The normalized spacial score (nSPS) is 13.1. The average Bonchev–Trinajstić information content (AvgIpc) is 3.07. The van der Waals surface area contributed by atoms with Gasteiger partial charge in [0.2, 0.25) is 0 Å². The third kappa shape index (κ3) is 2.38. The van der Waals surface area contributed by atoms with Crippen molar-refractivity contribution >= 4 is 22.6 Å². The van der Waals surface area contributed by atoms with Crippen molar-refractivity contribution in [2.75, 3.05) is 25.2 Å². The highest BCUT2D eigenvalue weighted by Gasteiger charge is 2.18. The van der Waals surface area contributed by atoms with Gasteiger partial charge in [-0.25, -0.2) is 4.98 Å². The topological polar surface area (TPSA) is 67.5 Å². The number of imidazole rings is 1. The van der Waals surface area contributed by atoms with Crippen molar-refractivity contribution in [2.24, 2.45) is 0 Å². The third-order valence-corrected chi connectivity index (χ3v) is 3.88. The van der Waals surface area contributed by atoms with Gasteiger partial charge in [0.05, 0.1) is 17.4 Å². The molecule has 3 aromatic rings. The maximum absolute atomic E-state index is 12.7. The Labute approximate surface area is 132 Å². The lowest BCUT2D eigenvalue weighted by atomic mass is 10.1. The largest absolute Gasteiger partial charge is 0.486 e. The van der Waals surface area contributed by atoms with Gasteiger partial charge in [-0.15, -0.1) is 0 Å². The van der Waals surface area contributed by atoms with E-state index in [-0.39, 0.29) is 5.91 Å². The van der Waals surface area contributed by atoms with Crippen molar-refractivity contribution in [3.8, 4) is 11.5 Å². The molecule has 4 rings (SSSR count). The Bertz CT molecular complexity index is 888. The minimum absolute atomic E-state index is 0.0989. The lowest BCUT2D eigenvalue weighted by molar-refractivity contribution is 0.0993. The second-order valence-corrected chi connectivity index (χ2v) is 5.33. The van der Waals surface area contributed by atoms with E-state index in [1.807, 2.05) is 24.3 Å². The highest BCUT2D eigenvalue weighted by Crippen LogP contribution is 2.34. The van der Waals surface area contributed by atoms with Gasteiger partial charge >= 0.3 is 0 Å². The van der Waals surface area contributed by atoms with Crippen molar-refractivity contribution in [1.82, 2.24) is 9.97 Å². The van der Waals surface area contributed by atoms with E-state index in [0.29, 0.717) is 30.3 Å². The molecule has 0 fully saturated rings. The number of H-pyrrole nitrogens is 1. The number of nitrogens with one attached hydrogen (secondary N) is 1. The molecule has 23 heavy (non-hydrogen) atoms. The lowest BCUT2D eigenvalue weighted by Gasteiger charge is -2.22. The maximum atomic E-state index is 12.7. The van der Waals surface area contributed by atoms with Gasteiger partial charge in [0.1, 0.15) is 13.2 Å². The van der Waals surface area contributed by atoms with Crippen LogP contribution in [0.1, 0.15) is 10.4 Å². The van der Waals surface area contributed by atoms with Gasteiger partial charge in [0, 0.05) is 24.4 Å². The lowest BCUT2D eigenvalue weighted by Crippen LogP contribution is -2.26. The number of amides is 1. The Kier molecular flexibility index (Phi) is 3.15. The molecule has 1 aliphatic rings. The third-order valence-electron chi connectivity index (χ3n) is 3.88. The number of hydrogen-bond donors (Lipinski definition) is 1. The molecular weight excluding hydrogens is 294 g/mol. The summed E-state index contributed by atoms with van der Waals surface area (Å²) in [5.74, 6) is 1.27. The minimum Gasteiger partial charge on any atom is -0.486 e. The molecule has 0 aliphatic carbocycles. The molecule has 116 valence electrons. The molecular formula is C17H15N3O3. The number of hydrogen-bond acceptors (Lipinski definition) is 4. The summed E-state index contributed by atoms with van der Waals surface area (Å²) < 4.78 is 11.1. The summed E-state index contributed by atoms with van der Waals surface area (Å²) in [5, 5.41) is 0. The molecule has 1 aliphatic heterocycles. The molecule has 0 unspecified atom stereocenters. The Morgan fingerprint density at radius 1 is 1.13 bits per heavy atom. The summed E-state index contributed by atoms with van der Waals surface area (Å²) in [6.07, 6.45) is 1.61. The van der Waals surface area contributed by atoms with Gasteiger partial charge < -0.3 is 19.4 Å². The molecule has 1 amide bonds. The summed E-state index contributed by atoms with van der Waals surface area (Å²) >= 11 is 0. The van der Waals surface area contributed by atoms with E-state index in [0.717, 1.165) is 16.7 Å². The van der Waals surface area contributed by atoms with E-state index in [2.05, 4.69) is 9.97 Å². The molecule has 6 nitrogen and oxygen atoms in total. The Balaban J connectivity index is 1.64. The van der Waals surface area contributed by atoms with Crippen LogP contribution in [0.15, 0.2) is 42.7 Å². The Morgan fingerprint density at radius 3 is 2.83 bits per heavy atom. The number of rotatable bonds is 2. The van der Waals surface area contributed by atoms with Gasteiger partial charge in [-0.2, -0.15) is 0 Å². The number of aromatic amines is 1. The first-order valence-corrected chi connectivity index (χ1v) is 7.33. The van der Waals surface area contributed by atoms with E-state index in [1.54, 1.807) is 30.4 Å². The molecule has 2 heterocycles. The summed E-state index contributed by atoms with van der Waals surface area (Å²) in [5.41, 5.74) is 3.03. The highest BCUT2D eigenvalue weighted by atomic mass is 16.6. The first kappa shape index (κ1) is 13.6. The van der Waals surface area contributed by atoms with Crippen LogP contribution in [-0.4, -0.2) is 36.1 Å². The zero-order valence-corrected chi connectivity index (χ0v) is 12.6. The number of anilines is 1. The van der Waals surface area contributed by atoms with Crippen LogP contribution in [0.5, 0.6) is 11.5 Å². The van der Waals surface area contributed by atoms with Crippen LogP contribution in [0.2, 0.25) is 0 Å². The van der Waals surface area contributed by atoms with Crippen LogP contribution in [0, 0.1) is 0 Å². The van der Waals surface area contributed by atoms with Crippen LogP contribution in [0.4, 0.5) is 5.69 Å². The standard InChI is InChI=1S/C17H15N3O3/c1-20(12-3-5-15-16(9-12)23-7-6-22-15)17(21)11-2-4-13-14(8-11)19-10-18-13/h2-5,8-10H,6-7H2,1H3,(H,18,19). The molecule has 6 heteroatoms. The predicted octanol–water partition coefficient (Wildman–Crippen LogP) is 2.61. The molecule has 0 bridgehead atoms. The Hall–Kier alpha value is -3.02. The second-order valence-electron chi connectivity index (χ2n) is 5.33. The molecule has 2 aromatic carbocycles. The fraction of sp³-hybridized carbons (Fsp3) is 0.176. The van der Waals surface area contributed by atoms with Crippen LogP contribution in [0.25, 0.3) is 11.0 Å². The molecule has 0 saturated heterocycles. The average molecular weight is 309 g/mol. The van der Waals surface area contributed by atoms with Crippen LogP contribution in [-0.2, 0) is 0 Å². The number of carbonyl (C=O) groups excluding carboxylic acids is 1. The molecule has 1 aromatic heterocycles. The Morgan fingerprint density at radius 2 is 1.96 bits per heavy atom. The van der Waals surface area contributed by atoms with Gasteiger partial charge in [-0.05, 0) is 30.3 Å². The number of benzene rings is 2. The fourth-order valence-electron chi connectivity index (χ4n) is 2.62. The molecule has 0 radical (unpaired) electrons. The number of fused-ring (bicyclic) bond motifs is 2. The van der Waals surface area contributed by atoms with Gasteiger partial charge in [-0.1, -0.05) is 0 Å². The van der Waals surface area contributed by atoms with Gasteiger partial charge in [0.15, 0.2) is 11.5 Å². The van der Waals surface area contributed by atoms with Crippen molar-refractivity contribution in [2.45, 2.75) is 0 Å². The first-order valence-electron chi connectivity index (χ1n) is 7.33. The summed E-state index contributed by atoms with van der Waals surface area (Å²) in [4.78, 5) is 21.5. The smallest absolute Gasteiger partial charge is 0.258 e. The molecule has 1 N–H and O–H groups in total. The highest BCUT2D eigenvalue weighted by molar-refractivity contribution is 6.07. The molecule has 0 spiro atoms. The molecule has 0 atom stereocenters. The summed E-state index contributed by atoms with van der Waals surface area (Å²) in [6.45, 7) is 1.07. The van der Waals surface area contributed by atoms with Crippen LogP contribution < -0.4 is 14.4 Å². The first-order chi connectivity index (χ1) is 11.2. The van der Waals surface area contributed by atoms with Crippen molar-refractivity contribution in [3.05, 3.63) is 48.3 Å². The summed E-state index contributed by atoms with van der Waals surface area (Å²) in [7, 11) is 1.74. The number of carbonyl (C=O) groups is 1. The second kappa shape index (κ2) is 5.31. The maximum Gasteiger partial charge on any atom is 0.258 e. The quantitative estimate of drug-likeness (QED) is 0.790. The van der Waals surface area contributed by atoms with Crippen LogP contribution >= 0.6 is 0 Å². The number of ether oxygens (including phenoxy) is 2. The predicted molar refractivity (Wildman–Crippen MR) is 86.3 cm³/mol. The number of aromatic nitrogens is 2. The van der Waals surface area contributed by atoms with E-state index in [1.165, 1.54) is 0 Å². The molecule has 0 saturated carbocycles. The van der Waals surface area contributed by atoms with E-state index >= 15 is 0 Å². The SMILES string of the molecule is CN(C(=O)c1ccc2nc[nH]c2c1)c1ccc2c(c1)OCCO2. The van der Waals surface area contributed by atoms with Gasteiger partial charge in [0.25, 0.3) is 5.91 Å². The van der Waals surface area contributed by atoms with Crippen LogP contribution in [0.3, 0.4) is 0 Å². The van der Waals surface area contributed by atoms with Crippen molar-refractivity contribution in [1.29, 1.82) is 0 Å². The monoisotopic (exact) mass is 309 g/mol. The minimum atomic E-state index is -0.0989. The van der Waals surface area contributed by atoms with Crippen molar-refractivity contribution < 1.29 is 14.3 Å². The van der Waals surface area contributed by atoms with E-state index in [4.69, 9.17) is 9.47 Å². The van der Waals surface area contributed by atoms with E-state index in [9.17, 15) is 4.79 Å². The zero-order valence-electron chi connectivity index (χ0n) is 12.6. The van der Waals surface area contributed by atoms with Gasteiger partial charge in [-0.3, -0.25) is 4.79 Å². The van der Waals surface area contributed by atoms with Crippen molar-refractivity contribution in [3.63, 3.8) is 0 Å².